The second kappa shape index (κ2) is 6.78. The van der Waals surface area contributed by atoms with Crippen molar-refractivity contribution in [2.45, 2.75) is 38.5 Å². The average molecular weight is 224 g/mol. The molecular weight excluding hydrogens is 208 g/mol. The fourth-order valence-electron chi connectivity index (χ4n) is 1.09. The van der Waals surface area contributed by atoms with Crippen molar-refractivity contribution in [2.24, 2.45) is 0 Å². The van der Waals surface area contributed by atoms with Gasteiger partial charge < -0.3 is 5.11 Å². The molecule has 0 spiro atoms. The first-order valence-electron chi connectivity index (χ1n) is 4.59. The van der Waals surface area contributed by atoms with Crippen LogP contribution in [0.5, 0.6) is 0 Å². The lowest BCUT2D eigenvalue weighted by Gasteiger charge is -1.98. The van der Waals surface area contributed by atoms with Gasteiger partial charge >= 0.3 is 5.97 Å². The molecule has 0 aromatic carbocycles. The Balaban J connectivity index is 3.19. The molecule has 0 fully saturated rings. The number of hydrogen-bond donors (Lipinski definition) is 2. The van der Waals surface area contributed by atoms with E-state index in [2.05, 4.69) is 0 Å². The summed E-state index contributed by atoms with van der Waals surface area (Å²) in [4.78, 5) is 10.1. The first-order valence-corrected chi connectivity index (χ1v) is 6.20. The lowest BCUT2D eigenvalue weighted by Crippen LogP contribution is -2.03. The fourth-order valence-corrected chi connectivity index (χ4v) is 1.66. The van der Waals surface area contributed by atoms with Crippen molar-refractivity contribution in [3.05, 3.63) is 0 Å². The van der Waals surface area contributed by atoms with Gasteiger partial charge in [-0.15, -0.1) is 0 Å². The maximum absolute atomic E-state index is 10.3. The number of hydrogen-bond acceptors (Lipinski definition) is 3. The van der Waals surface area contributed by atoms with Crippen LogP contribution in [-0.4, -0.2) is 29.8 Å². The molecule has 0 heterocycles. The summed E-state index contributed by atoms with van der Waals surface area (Å²) in [5.41, 5.74) is 0. The monoisotopic (exact) mass is 224 g/mol. The molecule has 0 aliphatic carbocycles. The van der Waals surface area contributed by atoms with Crippen LogP contribution in [0.2, 0.25) is 0 Å². The van der Waals surface area contributed by atoms with Gasteiger partial charge in [0.05, 0.1) is 5.75 Å². The van der Waals surface area contributed by atoms with Crippen molar-refractivity contribution in [3.63, 3.8) is 0 Å². The molecule has 84 valence electrons. The molecule has 0 aromatic rings. The summed E-state index contributed by atoms with van der Waals surface area (Å²) in [7, 11) is -3.82. The number of carboxylic acids is 1. The Morgan fingerprint density at radius 2 is 1.50 bits per heavy atom. The minimum Gasteiger partial charge on any atom is -0.481 e. The van der Waals surface area contributed by atoms with Crippen LogP contribution in [0.15, 0.2) is 0 Å². The highest BCUT2D eigenvalue weighted by Gasteiger charge is 2.03. The second-order valence-electron chi connectivity index (χ2n) is 3.20. The van der Waals surface area contributed by atoms with Crippen molar-refractivity contribution in [3.8, 4) is 0 Å². The molecule has 2 N–H and O–H groups in total. The number of carboxylic acid groups (broad SMARTS) is 1. The van der Waals surface area contributed by atoms with Crippen LogP contribution in [0.4, 0.5) is 0 Å². The van der Waals surface area contributed by atoms with Crippen molar-refractivity contribution in [2.75, 3.05) is 5.75 Å². The molecule has 0 radical (unpaired) electrons. The maximum atomic E-state index is 10.3. The molecule has 0 aliphatic heterocycles. The lowest BCUT2D eigenvalue weighted by molar-refractivity contribution is -0.137. The van der Waals surface area contributed by atoms with E-state index in [1.54, 1.807) is 0 Å². The van der Waals surface area contributed by atoms with Gasteiger partial charge in [-0.2, -0.15) is 8.42 Å². The van der Waals surface area contributed by atoms with Crippen molar-refractivity contribution < 1.29 is 22.9 Å². The summed E-state index contributed by atoms with van der Waals surface area (Å²) in [6, 6.07) is 0. The van der Waals surface area contributed by atoms with Gasteiger partial charge in [-0.25, -0.2) is 0 Å². The summed E-state index contributed by atoms with van der Waals surface area (Å²) < 4.78 is 29.0. The van der Waals surface area contributed by atoms with E-state index in [0.29, 0.717) is 19.3 Å². The topological polar surface area (TPSA) is 91.7 Å². The van der Waals surface area contributed by atoms with Crippen LogP contribution in [0.1, 0.15) is 38.5 Å². The van der Waals surface area contributed by atoms with Crippen LogP contribution in [0.3, 0.4) is 0 Å². The SMILES string of the molecule is O=C(O)CCCCCCCS(=O)(=O)O. The Morgan fingerprint density at radius 1 is 1.00 bits per heavy atom. The summed E-state index contributed by atoms with van der Waals surface area (Å²) in [6.45, 7) is 0. The highest BCUT2D eigenvalue weighted by Crippen LogP contribution is 2.06. The molecule has 6 heteroatoms. The number of unbranched alkanes of at least 4 members (excludes halogenated alkanes) is 4. The largest absolute Gasteiger partial charge is 0.481 e. The summed E-state index contributed by atoms with van der Waals surface area (Å²) in [5.74, 6) is -1.01. The van der Waals surface area contributed by atoms with Gasteiger partial charge in [0.2, 0.25) is 0 Å². The van der Waals surface area contributed by atoms with Gasteiger partial charge in [0.15, 0.2) is 0 Å². The number of rotatable bonds is 8. The van der Waals surface area contributed by atoms with Crippen LogP contribution in [0, 0.1) is 0 Å². The van der Waals surface area contributed by atoms with Gasteiger partial charge in [0.25, 0.3) is 10.1 Å². The molecule has 0 saturated heterocycles. The quantitative estimate of drug-likeness (QED) is 0.479. The van der Waals surface area contributed by atoms with E-state index < -0.39 is 16.1 Å². The third-order valence-electron chi connectivity index (χ3n) is 1.79. The third-order valence-corrected chi connectivity index (χ3v) is 2.60. The van der Waals surface area contributed by atoms with Gasteiger partial charge in [-0.3, -0.25) is 9.35 Å². The van der Waals surface area contributed by atoms with E-state index in [1.807, 2.05) is 0 Å². The second-order valence-corrected chi connectivity index (χ2v) is 4.77. The first kappa shape index (κ1) is 13.4. The van der Waals surface area contributed by atoms with E-state index in [-0.39, 0.29) is 12.2 Å². The van der Waals surface area contributed by atoms with Crippen molar-refractivity contribution >= 4 is 16.1 Å². The summed E-state index contributed by atoms with van der Waals surface area (Å²) >= 11 is 0. The standard InChI is InChI=1S/C8H16O5S/c9-8(10)6-4-2-1-3-5-7-14(11,12)13/h1-7H2,(H,9,10)(H,11,12,13). The average Bonchev–Trinajstić information content (AvgIpc) is 2.00. The number of carbonyl (C=O) groups is 1. The Hall–Kier alpha value is -0.620. The molecule has 0 unspecified atom stereocenters. The zero-order chi connectivity index (χ0) is 11.0. The van der Waals surface area contributed by atoms with Crippen molar-refractivity contribution in [1.82, 2.24) is 0 Å². The molecule has 0 amide bonds. The first-order chi connectivity index (χ1) is 6.42. The van der Waals surface area contributed by atoms with Crippen LogP contribution in [0.25, 0.3) is 0 Å². The van der Waals surface area contributed by atoms with Gasteiger partial charge in [-0.1, -0.05) is 19.3 Å². The molecule has 0 saturated carbocycles. The molecule has 0 aromatic heterocycles. The zero-order valence-electron chi connectivity index (χ0n) is 7.98. The maximum Gasteiger partial charge on any atom is 0.303 e. The van der Waals surface area contributed by atoms with E-state index in [9.17, 15) is 13.2 Å². The Bertz CT molecular complexity index is 257. The van der Waals surface area contributed by atoms with E-state index in [1.165, 1.54) is 0 Å². The number of aliphatic carboxylic acids is 1. The highest BCUT2D eigenvalue weighted by atomic mass is 32.2. The normalized spacial score (nSPS) is 11.5. The highest BCUT2D eigenvalue weighted by molar-refractivity contribution is 7.85. The molecule has 0 aliphatic rings. The fraction of sp³-hybridized carbons (Fsp3) is 0.875. The minimum absolute atomic E-state index is 0.165. The lowest BCUT2D eigenvalue weighted by atomic mass is 10.1. The zero-order valence-corrected chi connectivity index (χ0v) is 8.79. The van der Waals surface area contributed by atoms with Gasteiger partial charge in [0.1, 0.15) is 0 Å². The Morgan fingerprint density at radius 3 is 2.00 bits per heavy atom. The van der Waals surface area contributed by atoms with Crippen LogP contribution >= 0.6 is 0 Å². The van der Waals surface area contributed by atoms with Crippen LogP contribution < -0.4 is 0 Å². The molecule has 5 nitrogen and oxygen atoms in total. The Kier molecular flexibility index (Phi) is 6.48. The van der Waals surface area contributed by atoms with Crippen molar-refractivity contribution in [1.29, 1.82) is 0 Å². The van der Waals surface area contributed by atoms with Gasteiger partial charge in [0, 0.05) is 6.42 Å². The van der Waals surface area contributed by atoms with Gasteiger partial charge in [-0.05, 0) is 12.8 Å². The molecular formula is C8H16O5S. The van der Waals surface area contributed by atoms with E-state index >= 15 is 0 Å². The predicted molar refractivity (Wildman–Crippen MR) is 51.8 cm³/mol. The van der Waals surface area contributed by atoms with E-state index in [0.717, 1.165) is 12.8 Å². The smallest absolute Gasteiger partial charge is 0.303 e. The summed E-state index contributed by atoms with van der Waals surface area (Å²) in [5, 5.41) is 8.31. The molecule has 0 bridgehead atoms. The summed E-state index contributed by atoms with van der Waals surface area (Å²) in [6.07, 6.45) is 3.53. The predicted octanol–water partition coefficient (Wildman–Crippen LogP) is 1.30. The molecule has 0 rings (SSSR count). The molecule has 0 atom stereocenters. The Labute approximate surface area is 83.9 Å². The minimum atomic E-state index is -3.82. The molecule has 14 heavy (non-hydrogen) atoms. The van der Waals surface area contributed by atoms with E-state index in [4.69, 9.17) is 9.66 Å². The third kappa shape index (κ3) is 11.4. The van der Waals surface area contributed by atoms with Crippen LogP contribution in [-0.2, 0) is 14.9 Å².